The summed E-state index contributed by atoms with van der Waals surface area (Å²) in [6.07, 6.45) is 0. The second-order valence-electron chi connectivity index (χ2n) is 5.61. The second kappa shape index (κ2) is 8.94. The van der Waals surface area contributed by atoms with Crippen LogP contribution in [0, 0.1) is 0 Å². The Hall–Kier alpha value is -1.11. The first-order valence-corrected chi connectivity index (χ1v) is 10.3. The van der Waals surface area contributed by atoms with Crippen molar-refractivity contribution >= 4 is 92.6 Å². The lowest BCUT2D eigenvalue weighted by Crippen LogP contribution is -1.94. The van der Waals surface area contributed by atoms with Crippen LogP contribution in [0.25, 0.3) is 0 Å². The van der Waals surface area contributed by atoms with Gasteiger partial charge in [0.05, 0.1) is 36.5 Å². The van der Waals surface area contributed by atoms with E-state index in [0.717, 1.165) is 0 Å². The van der Waals surface area contributed by atoms with Crippen LogP contribution in [0.2, 0.25) is 35.2 Å². The quantitative estimate of drug-likeness (QED) is 0.259. The molecule has 0 saturated carbocycles. The Morgan fingerprint density at radius 2 is 1.00 bits per heavy atom. The SMILES string of the molecule is Nc1cc(Oc2ccc(Cl)c(Oc3cc(N)c(Cl)c(Cl)c3Cl)c2)c(Cl)c(Cl)c1Cl. The molecule has 0 aliphatic carbocycles. The van der Waals surface area contributed by atoms with E-state index in [0.29, 0.717) is 5.75 Å². The van der Waals surface area contributed by atoms with E-state index in [9.17, 15) is 0 Å². The fourth-order valence-electron chi connectivity index (χ4n) is 2.22. The lowest BCUT2D eigenvalue weighted by molar-refractivity contribution is 0.461. The zero-order valence-electron chi connectivity index (χ0n) is 14.0. The highest BCUT2D eigenvalue weighted by Crippen LogP contribution is 2.46. The smallest absolute Gasteiger partial charge is 0.149 e. The number of anilines is 2. The molecule has 0 atom stereocenters. The van der Waals surface area contributed by atoms with Gasteiger partial charge in [-0.15, -0.1) is 0 Å². The predicted octanol–water partition coefficient (Wildman–Crippen LogP) is 9.01. The van der Waals surface area contributed by atoms with Crippen molar-refractivity contribution < 1.29 is 9.47 Å². The summed E-state index contributed by atoms with van der Waals surface area (Å²) in [6, 6.07) is 7.52. The normalized spacial score (nSPS) is 10.9. The summed E-state index contributed by atoms with van der Waals surface area (Å²) in [5, 5.41) is 0.849. The van der Waals surface area contributed by atoms with Crippen LogP contribution in [-0.2, 0) is 0 Å². The third kappa shape index (κ3) is 4.64. The van der Waals surface area contributed by atoms with Crippen LogP contribution in [0.3, 0.4) is 0 Å². The molecular weight excluding hydrogens is 524 g/mol. The first kappa shape index (κ1) is 22.6. The molecule has 11 heteroatoms. The van der Waals surface area contributed by atoms with Gasteiger partial charge in [-0.05, 0) is 12.1 Å². The Bertz CT molecular complexity index is 1120. The first-order valence-electron chi connectivity index (χ1n) is 7.61. The molecule has 0 spiro atoms. The third-order valence-corrected chi connectivity index (χ3v) is 6.65. The van der Waals surface area contributed by atoms with Crippen LogP contribution in [0.4, 0.5) is 11.4 Å². The van der Waals surface area contributed by atoms with Gasteiger partial charge < -0.3 is 20.9 Å². The summed E-state index contributed by atoms with van der Waals surface area (Å²) in [4.78, 5) is 0. The largest absolute Gasteiger partial charge is 0.456 e. The van der Waals surface area contributed by atoms with Crippen molar-refractivity contribution in [3.05, 3.63) is 65.5 Å². The molecule has 4 nitrogen and oxygen atoms in total. The number of hydrogen-bond acceptors (Lipinski definition) is 4. The van der Waals surface area contributed by atoms with E-state index in [1.165, 1.54) is 18.2 Å². The second-order valence-corrected chi connectivity index (χ2v) is 8.28. The molecule has 3 rings (SSSR count). The number of nitrogens with two attached hydrogens (primary N) is 2. The summed E-state index contributed by atoms with van der Waals surface area (Å²) in [5.41, 5.74) is 12.0. The summed E-state index contributed by atoms with van der Waals surface area (Å²) < 4.78 is 11.5. The monoisotopic (exact) mass is 530 g/mol. The molecule has 29 heavy (non-hydrogen) atoms. The number of halogens is 7. The molecule has 3 aromatic rings. The minimum atomic E-state index is 0.0601. The van der Waals surface area contributed by atoms with E-state index in [4.69, 9.17) is 102 Å². The first-order chi connectivity index (χ1) is 13.6. The lowest BCUT2D eigenvalue weighted by atomic mass is 10.2. The highest BCUT2D eigenvalue weighted by atomic mass is 35.5. The number of nitrogen functional groups attached to an aromatic ring is 2. The summed E-state index contributed by atoms with van der Waals surface area (Å²) in [5.74, 6) is 0.902. The Morgan fingerprint density at radius 1 is 0.517 bits per heavy atom. The van der Waals surface area contributed by atoms with Gasteiger partial charge in [0, 0.05) is 18.2 Å². The van der Waals surface area contributed by atoms with Crippen molar-refractivity contribution in [2.24, 2.45) is 0 Å². The van der Waals surface area contributed by atoms with Gasteiger partial charge in [-0.1, -0.05) is 81.2 Å². The molecule has 0 fully saturated rings. The van der Waals surface area contributed by atoms with Crippen molar-refractivity contribution in [2.75, 3.05) is 11.5 Å². The lowest BCUT2D eigenvalue weighted by Gasteiger charge is -2.15. The van der Waals surface area contributed by atoms with Gasteiger partial charge in [0.15, 0.2) is 0 Å². The Morgan fingerprint density at radius 3 is 1.52 bits per heavy atom. The molecule has 4 N–H and O–H groups in total. The maximum absolute atomic E-state index is 6.22. The number of benzene rings is 3. The zero-order chi connectivity index (χ0) is 21.5. The maximum Gasteiger partial charge on any atom is 0.149 e. The van der Waals surface area contributed by atoms with Gasteiger partial charge >= 0.3 is 0 Å². The molecule has 0 aliphatic rings. The van der Waals surface area contributed by atoms with Crippen LogP contribution in [0.15, 0.2) is 30.3 Å². The Kier molecular flexibility index (Phi) is 6.96. The van der Waals surface area contributed by atoms with Crippen LogP contribution < -0.4 is 20.9 Å². The molecule has 0 unspecified atom stereocenters. The molecule has 152 valence electrons. The molecule has 0 saturated heterocycles. The van der Waals surface area contributed by atoms with E-state index >= 15 is 0 Å². The molecular formula is C18H9Cl7N2O2. The van der Waals surface area contributed by atoms with Gasteiger partial charge in [0.1, 0.15) is 33.0 Å². The average molecular weight is 533 g/mol. The fourth-order valence-corrected chi connectivity index (χ4v) is 3.55. The molecule has 0 radical (unpaired) electrons. The number of rotatable bonds is 4. The third-order valence-electron chi connectivity index (χ3n) is 3.63. The molecule has 0 aliphatic heterocycles. The van der Waals surface area contributed by atoms with Crippen molar-refractivity contribution in [2.45, 2.75) is 0 Å². The summed E-state index contributed by atoms with van der Waals surface area (Å²) in [7, 11) is 0. The van der Waals surface area contributed by atoms with Crippen molar-refractivity contribution in [3.8, 4) is 23.0 Å². The molecule has 0 bridgehead atoms. The van der Waals surface area contributed by atoms with Gasteiger partial charge in [-0.2, -0.15) is 0 Å². The zero-order valence-corrected chi connectivity index (χ0v) is 19.3. The standard InChI is InChI=1S/C18H9Cl7N2O2/c19-7-2-1-6(28-11-4-8(26)13(20)17(24)15(11)22)3-10(7)29-12-5-9(27)14(21)18(25)16(12)23/h1-5H,26-27H2. The van der Waals surface area contributed by atoms with Crippen LogP contribution >= 0.6 is 81.2 Å². The van der Waals surface area contributed by atoms with E-state index in [1.807, 2.05) is 0 Å². The predicted molar refractivity (Wildman–Crippen MR) is 123 cm³/mol. The number of ether oxygens (including phenoxy) is 2. The van der Waals surface area contributed by atoms with E-state index in [-0.39, 0.29) is 63.8 Å². The van der Waals surface area contributed by atoms with E-state index in [2.05, 4.69) is 0 Å². The minimum absolute atomic E-state index is 0.0601. The van der Waals surface area contributed by atoms with Gasteiger partial charge in [-0.3, -0.25) is 0 Å². The molecule has 3 aromatic carbocycles. The molecule has 0 amide bonds. The van der Waals surface area contributed by atoms with Crippen molar-refractivity contribution in [3.63, 3.8) is 0 Å². The van der Waals surface area contributed by atoms with Crippen LogP contribution in [0.5, 0.6) is 23.0 Å². The van der Waals surface area contributed by atoms with Crippen molar-refractivity contribution in [1.29, 1.82) is 0 Å². The van der Waals surface area contributed by atoms with Crippen molar-refractivity contribution in [1.82, 2.24) is 0 Å². The summed E-state index contributed by atoms with van der Waals surface area (Å²) >= 11 is 42.6. The Balaban J connectivity index is 1.96. The summed E-state index contributed by atoms with van der Waals surface area (Å²) in [6.45, 7) is 0. The Labute approximate surface area is 201 Å². The van der Waals surface area contributed by atoms with E-state index in [1.54, 1.807) is 12.1 Å². The van der Waals surface area contributed by atoms with Gasteiger partial charge in [0.25, 0.3) is 0 Å². The van der Waals surface area contributed by atoms with Gasteiger partial charge in [0.2, 0.25) is 0 Å². The minimum Gasteiger partial charge on any atom is -0.456 e. The van der Waals surface area contributed by atoms with E-state index < -0.39 is 0 Å². The topological polar surface area (TPSA) is 70.5 Å². The molecule has 0 heterocycles. The van der Waals surface area contributed by atoms with Crippen LogP contribution in [-0.4, -0.2) is 0 Å². The van der Waals surface area contributed by atoms with Crippen LogP contribution in [0.1, 0.15) is 0 Å². The van der Waals surface area contributed by atoms with Gasteiger partial charge in [-0.25, -0.2) is 0 Å². The molecule has 0 aromatic heterocycles. The highest BCUT2D eigenvalue weighted by Gasteiger charge is 2.18. The highest BCUT2D eigenvalue weighted by molar-refractivity contribution is 6.50. The maximum atomic E-state index is 6.22. The fraction of sp³-hybridized carbons (Fsp3) is 0. The number of hydrogen-bond donors (Lipinski definition) is 2. The average Bonchev–Trinajstić information content (AvgIpc) is 2.69.